The molecule has 25 heavy (non-hydrogen) atoms. The summed E-state index contributed by atoms with van der Waals surface area (Å²) in [5.41, 5.74) is -0.0312. The van der Waals surface area contributed by atoms with Crippen molar-refractivity contribution in [2.45, 2.75) is 38.5 Å². The van der Waals surface area contributed by atoms with Crippen LogP contribution in [0, 0.1) is 0 Å². The Morgan fingerprint density at radius 3 is 2.20 bits per heavy atom. The first kappa shape index (κ1) is 17.2. The molecular weight excluding hydrogens is 314 g/mol. The van der Waals surface area contributed by atoms with Crippen molar-refractivity contribution in [3.05, 3.63) is 66.2 Å². The third-order valence-electron chi connectivity index (χ3n) is 3.97. The van der Waals surface area contributed by atoms with E-state index in [4.69, 9.17) is 0 Å². The van der Waals surface area contributed by atoms with Gasteiger partial charge in [0.25, 0.3) is 5.91 Å². The number of anilines is 1. The van der Waals surface area contributed by atoms with E-state index in [-0.39, 0.29) is 17.9 Å². The predicted octanol–water partition coefficient (Wildman–Crippen LogP) is 3.01. The minimum absolute atomic E-state index is 0.119. The lowest BCUT2D eigenvalue weighted by Gasteiger charge is -2.33. The van der Waals surface area contributed by atoms with Gasteiger partial charge in [-0.25, -0.2) is 5.01 Å². The number of hydrogen-bond acceptors (Lipinski definition) is 4. The zero-order chi connectivity index (χ0) is 18.1. The SMILES string of the molecule is CC(C)(C)NC(=O)C1=NN(c2ccccc2)C(O)(c2ccccc2)C1. The highest BCUT2D eigenvalue weighted by Gasteiger charge is 2.45. The van der Waals surface area contributed by atoms with E-state index in [9.17, 15) is 9.90 Å². The minimum Gasteiger partial charge on any atom is -0.365 e. The van der Waals surface area contributed by atoms with E-state index in [0.29, 0.717) is 11.3 Å². The summed E-state index contributed by atoms with van der Waals surface area (Å²) < 4.78 is 0. The molecule has 1 unspecified atom stereocenters. The summed E-state index contributed by atoms with van der Waals surface area (Å²) in [7, 11) is 0. The molecule has 5 nitrogen and oxygen atoms in total. The fourth-order valence-corrected chi connectivity index (χ4v) is 2.86. The summed E-state index contributed by atoms with van der Waals surface area (Å²) in [6.07, 6.45) is 0.119. The van der Waals surface area contributed by atoms with Gasteiger partial charge in [-0.3, -0.25) is 4.79 Å². The maximum absolute atomic E-state index is 12.6. The Hall–Kier alpha value is -2.66. The van der Waals surface area contributed by atoms with Gasteiger partial charge in [0, 0.05) is 11.1 Å². The van der Waals surface area contributed by atoms with Gasteiger partial charge in [-0.1, -0.05) is 48.5 Å². The maximum atomic E-state index is 12.6. The Balaban J connectivity index is 2.01. The molecule has 5 heteroatoms. The Morgan fingerprint density at radius 1 is 1.08 bits per heavy atom. The van der Waals surface area contributed by atoms with Crippen molar-refractivity contribution in [3.63, 3.8) is 0 Å². The Morgan fingerprint density at radius 2 is 1.64 bits per heavy atom. The van der Waals surface area contributed by atoms with Crippen LogP contribution in [0.1, 0.15) is 32.8 Å². The van der Waals surface area contributed by atoms with Gasteiger partial charge in [0.2, 0.25) is 0 Å². The molecule has 1 aliphatic rings. The number of aliphatic hydroxyl groups is 1. The summed E-state index contributed by atoms with van der Waals surface area (Å²) in [6, 6.07) is 18.7. The first-order valence-corrected chi connectivity index (χ1v) is 8.33. The van der Waals surface area contributed by atoms with Crippen LogP contribution in [0.3, 0.4) is 0 Å². The zero-order valence-electron chi connectivity index (χ0n) is 14.7. The lowest BCUT2D eigenvalue weighted by atomic mass is 9.96. The second-order valence-electron chi connectivity index (χ2n) is 7.26. The molecule has 0 fully saturated rings. The molecule has 2 aromatic rings. The van der Waals surface area contributed by atoms with Crippen molar-refractivity contribution < 1.29 is 9.90 Å². The number of para-hydroxylation sites is 1. The van der Waals surface area contributed by atoms with Gasteiger partial charge < -0.3 is 10.4 Å². The van der Waals surface area contributed by atoms with Gasteiger partial charge in [-0.05, 0) is 32.9 Å². The fraction of sp³-hybridized carbons (Fsp3) is 0.300. The number of rotatable bonds is 3. The van der Waals surface area contributed by atoms with Crippen LogP contribution >= 0.6 is 0 Å². The number of hydrazone groups is 1. The number of carbonyl (C=O) groups is 1. The summed E-state index contributed by atoms with van der Waals surface area (Å²) in [5, 5.41) is 20.3. The average Bonchev–Trinajstić information content (AvgIpc) is 2.94. The standard InChI is InChI=1S/C20H23N3O2/c1-19(2,3)21-18(24)17-14-20(25,15-10-6-4-7-11-15)23(22-17)16-12-8-5-9-13-16/h4-13,25H,14H2,1-3H3,(H,21,24). The summed E-state index contributed by atoms with van der Waals surface area (Å²) in [5.74, 6) is -0.264. The van der Waals surface area contributed by atoms with Crippen molar-refractivity contribution in [2.24, 2.45) is 5.10 Å². The van der Waals surface area contributed by atoms with Crippen molar-refractivity contribution in [3.8, 4) is 0 Å². The maximum Gasteiger partial charge on any atom is 0.268 e. The van der Waals surface area contributed by atoms with Crippen LogP contribution in [0.5, 0.6) is 0 Å². The quantitative estimate of drug-likeness (QED) is 0.905. The van der Waals surface area contributed by atoms with Crippen LogP contribution in [0.15, 0.2) is 65.8 Å². The third kappa shape index (κ3) is 3.56. The monoisotopic (exact) mass is 337 g/mol. The predicted molar refractivity (Wildman–Crippen MR) is 99.2 cm³/mol. The number of hydrogen-bond donors (Lipinski definition) is 2. The largest absolute Gasteiger partial charge is 0.365 e. The molecule has 1 atom stereocenters. The lowest BCUT2D eigenvalue weighted by Crippen LogP contribution is -2.45. The van der Waals surface area contributed by atoms with E-state index in [0.717, 1.165) is 5.69 Å². The van der Waals surface area contributed by atoms with Gasteiger partial charge in [0.15, 0.2) is 5.72 Å². The van der Waals surface area contributed by atoms with E-state index in [1.54, 1.807) is 0 Å². The van der Waals surface area contributed by atoms with Crippen molar-refractivity contribution in [1.82, 2.24) is 5.32 Å². The van der Waals surface area contributed by atoms with E-state index in [2.05, 4.69) is 10.4 Å². The molecule has 1 amide bonds. The molecule has 2 aromatic carbocycles. The number of nitrogens with zero attached hydrogens (tertiary/aromatic N) is 2. The summed E-state index contributed by atoms with van der Waals surface area (Å²) in [4.78, 5) is 12.6. The molecule has 0 aliphatic carbocycles. The van der Waals surface area contributed by atoms with E-state index in [1.807, 2.05) is 81.4 Å². The zero-order valence-corrected chi connectivity index (χ0v) is 14.7. The van der Waals surface area contributed by atoms with Gasteiger partial charge >= 0.3 is 0 Å². The first-order valence-electron chi connectivity index (χ1n) is 8.33. The summed E-state index contributed by atoms with van der Waals surface area (Å²) >= 11 is 0. The fourth-order valence-electron chi connectivity index (χ4n) is 2.86. The Labute approximate surface area is 148 Å². The minimum atomic E-state index is -1.40. The van der Waals surface area contributed by atoms with E-state index < -0.39 is 5.72 Å². The van der Waals surface area contributed by atoms with Gasteiger partial charge in [0.1, 0.15) is 5.71 Å². The smallest absolute Gasteiger partial charge is 0.268 e. The third-order valence-corrected chi connectivity index (χ3v) is 3.97. The van der Waals surface area contributed by atoms with Gasteiger partial charge in [-0.2, -0.15) is 5.10 Å². The second kappa shape index (κ2) is 6.33. The molecule has 0 radical (unpaired) electrons. The van der Waals surface area contributed by atoms with Gasteiger partial charge in [-0.15, -0.1) is 0 Å². The molecule has 2 N–H and O–H groups in total. The number of carbonyl (C=O) groups excluding carboxylic acids is 1. The normalized spacial score (nSPS) is 20.3. The number of amides is 1. The van der Waals surface area contributed by atoms with Crippen LogP contribution in [-0.4, -0.2) is 22.3 Å². The molecule has 0 spiro atoms. The highest BCUT2D eigenvalue weighted by Crippen LogP contribution is 2.38. The number of nitrogens with one attached hydrogen (secondary N) is 1. The molecule has 1 aliphatic heterocycles. The highest BCUT2D eigenvalue weighted by atomic mass is 16.3. The Bertz CT molecular complexity index is 782. The van der Waals surface area contributed by atoms with Crippen molar-refractivity contribution in [2.75, 3.05) is 5.01 Å². The molecule has 1 heterocycles. The van der Waals surface area contributed by atoms with Crippen LogP contribution in [-0.2, 0) is 10.5 Å². The molecule has 3 rings (SSSR count). The number of benzene rings is 2. The van der Waals surface area contributed by atoms with Crippen LogP contribution < -0.4 is 10.3 Å². The van der Waals surface area contributed by atoms with Gasteiger partial charge in [0.05, 0.1) is 12.1 Å². The van der Waals surface area contributed by atoms with E-state index >= 15 is 0 Å². The summed E-state index contributed by atoms with van der Waals surface area (Å²) in [6.45, 7) is 5.75. The molecule has 0 bridgehead atoms. The van der Waals surface area contributed by atoms with Crippen molar-refractivity contribution in [1.29, 1.82) is 0 Å². The van der Waals surface area contributed by atoms with E-state index in [1.165, 1.54) is 5.01 Å². The molecule has 0 saturated heterocycles. The van der Waals surface area contributed by atoms with Crippen LogP contribution in [0.25, 0.3) is 0 Å². The molecular formula is C20H23N3O2. The lowest BCUT2D eigenvalue weighted by molar-refractivity contribution is -0.116. The average molecular weight is 337 g/mol. The first-order chi connectivity index (χ1) is 11.8. The van der Waals surface area contributed by atoms with Crippen LogP contribution in [0.2, 0.25) is 0 Å². The topological polar surface area (TPSA) is 64.9 Å². The second-order valence-corrected chi connectivity index (χ2v) is 7.26. The molecule has 0 saturated carbocycles. The Kier molecular flexibility index (Phi) is 4.35. The molecule has 0 aromatic heterocycles. The highest BCUT2D eigenvalue weighted by molar-refractivity contribution is 6.40. The van der Waals surface area contributed by atoms with Crippen molar-refractivity contribution >= 4 is 17.3 Å². The van der Waals surface area contributed by atoms with Crippen LogP contribution in [0.4, 0.5) is 5.69 Å². The molecule has 130 valence electrons.